The summed E-state index contributed by atoms with van der Waals surface area (Å²) in [6.45, 7) is 1.16. The summed E-state index contributed by atoms with van der Waals surface area (Å²) in [5, 5.41) is 9.95. The largest absolute Gasteiger partial charge is 0.508 e. The van der Waals surface area contributed by atoms with Gasteiger partial charge in [-0.3, -0.25) is 4.90 Å². The van der Waals surface area contributed by atoms with Gasteiger partial charge < -0.3 is 9.84 Å². The van der Waals surface area contributed by atoms with Gasteiger partial charge in [-0.15, -0.1) is 0 Å². The minimum atomic E-state index is -0.456. The summed E-state index contributed by atoms with van der Waals surface area (Å²) in [5.74, 6) is 0.000161. The van der Waals surface area contributed by atoms with Crippen molar-refractivity contribution in [3.63, 3.8) is 0 Å². The molecule has 1 aliphatic heterocycles. The van der Waals surface area contributed by atoms with Gasteiger partial charge in [0.05, 0.1) is 7.11 Å². The Balaban J connectivity index is 1.94. The fourth-order valence-electron chi connectivity index (χ4n) is 2.86. The molecule has 1 atom stereocenters. The van der Waals surface area contributed by atoms with Crippen LogP contribution in [0.5, 0.6) is 5.75 Å². The van der Waals surface area contributed by atoms with Crippen LogP contribution in [-0.4, -0.2) is 23.1 Å². The van der Waals surface area contributed by atoms with Gasteiger partial charge in [0.2, 0.25) is 0 Å². The number of hydrogen-bond acceptors (Lipinski definition) is 4. The van der Waals surface area contributed by atoms with Crippen LogP contribution in [0, 0.1) is 0 Å². The van der Waals surface area contributed by atoms with Crippen LogP contribution in [0.3, 0.4) is 0 Å². The van der Waals surface area contributed by atoms with Gasteiger partial charge in [0.1, 0.15) is 11.8 Å². The quantitative estimate of drug-likeness (QED) is 0.880. The monoisotopic (exact) mass is 283 g/mol. The summed E-state index contributed by atoms with van der Waals surface area (Å²) >= 11 is 0. The van der Waals surface area contributed by atoms with Crippen LogP contribution in [0.15, 0.2) is 48.5 Å². The van der Waals surface area contributed by atoms with Gasteiger partial charge in [-0.25, -0.2) is 4.79 Å². The van der Waals surface area contributed by atoms with E-state index in [1.54, 1.807) is 6.07 Å². The lowest BCUT2D eigenvalue weighted by atomic mass is 10.1. The third kappa shape index (κ3) is 2.50. The molecule has 3 rings (SSSR count). The third-order valence-corrected chi connectivity index (χ3v) is 3.89. The van der Waals surface area contributed by atoms with Gasteiger partial charge in [-0.2, -0.15) is 0 Å². The molecule has 1 N–H and O–H groups in total. The molecule has 0 saturated heterocycles. The second-order valence-corrected chi connectivity index (χ2v) is 5.16. The van der Waals surface area contributed by atoms with E-state index in [4.69, 9.17) is 4.74 Å². The minimum absolute atomic E-state index is 0.284. The second kappa shape index (κ2) is 5.58. The normalized spacial score (nSPS) is 15.5. The Kier molecular flexibility index (Phi) is 3.62. The Morgan fingerprint density at radius 2 is 1.90 bits per heavy atom. The van der Waals surface area contributed by atoms with E-state index in [0.717, 1.165) is 16.7 Å². The number of nitrogens with zero attached hydrogens (tertiary/aromatic N) is 1. The van der Waals surface area contributed by atoms with E-state index in [9.17, 15) is 9.90 Å². The van der Waals surface area contributed by atoms with Gasteiger partial charge in [-0.05, 0) is 17.2 Å². The van der Waals surface area contributed by atoms with Gasteiger partial charge in [0, 0.05) is 18.7 Å². The number of fused-ring (bicyclic) bond motifs is 1. The van der Waals surface area contributed by atoms with Crippen molar-refractivity contribution in [1.82, 2.24) is 4.90 Å². The van der Waals surface area contributed by atoms with E-state index in [1.165, 1.54) is 7.11 Å². The van der Waals surface area contributed by atoms with E-state index in [2.05, 4.69) is 0 Å². The summed E-state index contributed by atoms with van der Waals surface area (Å²) in [5.41, 5.74) is 2.85. The van der Waals surface area contributed by atoms with E-state index < -0.39 is 6.04 Å². The second-order valence-electron chi connectivity index (χ2n) is 5.16. The first kappa shape index (κ1) is 13.6. The maximum absolute atomic E-state index is 12.2. The van der Waals surface area contributed by atoms with Crippen molar-refractivity contribution in [2.24, 2.45) is 0 Å². The lowest BCUT2D eigenvalue weighted by Gasteiger charge is -2.25. The van der Waals surface area contributed by atoms with Crippen LogP contribution in [0.25, 0.3) is 0 Å². The van der Waals surface area contributed by atoms with Crippen LogP contribution in [-0.2, 0) is 22.6 Å². The summed E-state index contributed by atoms with van der Waals surface area (Å²) in [6.07, 6.45) is 0. The molecule has 0 aromatic heterocycles. The number of benzene rings is 2. The first-order valence-electron chi connectivity index (χ1n) is 6.87. The van der Waals surface area contributed by atoms with Gasteiger partial charge in [0.25, 0.3) is 0 Å². The Hall–Kier alpha value is -2.33. The standard InChI is InChI=1S/C17H17NO3/c1-21-17(20)16(12-6-3-2-4-7-12)18-10-13-8-5-9-15(19)14(13)11-18/h2-9,16,19H,10-11H2,1H3/t16-/m0/s1. The zero-order valence-corrected chi connectivity index (χ0v) is 11.8. The molecule has 1 aliphatic rings. The number of phenols is 1. The molecule has 0 fully saturated rings. The molecular formula is C17H17NO3. The van der Waals surface area contributed by atoms with Gasteiger partial charge >= 0.3 is 5.97 Å². The highest BCUT2D eigenvalue weighted by Crippen LogP contribution is 2.35. The molecule has 0 amide bonds. The van der Waals surface area contributed by atoms with E-state index >= 15 is 0 Å². The average Bonchev–Trinajstić information content (AvgIpc) is 2.93. The summed E-state index contributed by atoms with van der Waals surface area (Å²) in [4.78, 5) is 14.2. The van der Waals surface area contributed by atoms with E-state index in [1.807, 2.05) is 47.4 Å². The number of esters is 1. The molecule has 0 saturated carbocycles. The zero-order chi connectivity index (χ0) is 14.8. The smallest absolute Gasteiger partial charge is 0.327 e. The predicted octanol–water partition coefficient (Wildman–Crippen LogP) is 2.62. The van der Waals surface area contributed by atoms with Crippen molar-refractivity contribution in [1.29, 1.82) is 0 Å². The molecule has 21 heavy (non-hydrogen) atoms. The first-order chi connectivity index (χ1) is 10.2. The maximum atomic E-state index is 12.2. The van der Waals surface area contributed by atoms with Crippen molar-refractivity contribution in [3.05, 3.63) is 65.2 Å². The predicted molar refractivity (Wildman–Crippen MR) is 78.6 cm³/mol. The third-order valence-electron chi connectivity index (χ3n) is 3.89. The Labute approximate surface area is 123 Å². The number of methoxy groups -OCH3 is 1. The number of hydrogen-bond donors (Lipinski definition) is 1. The number of carbonyl (C=O) groups excluding carboxylic acids is 1. The molecule has 2 aromatic rings. The van der Waals surface area contributed by atoms with Gasteiger partial charge in [0.15, 0.2) is 0 Å². The molecule has 2 aromatic carbocycles. The van der Waals surface area contributed by atoms with Crippen molar-refractivity contribution < 1.29 is 14.6 Å². The van der Waals surface area contributed by atoms with Crippen molar-refractivity contribution in [2.75, 3.05) is 7.11 Å². The Morgan fingerprint density at radius 3 is 2.57 bits per heavy atom. The van der Waals surface area contributed by atoms with Crippen LogP contribution >= 0.6 is 0 Å². The Morgan fingerprint density at radius 1 is 1.14 bits per heavy atom. The number of carbonyl (C=O) groups is 1. The number of ether oxygens (including phenoxy) is 1. The highest BCUT2D eigenvalue weighted by Gasteiger charge is 2.33. The van der Waals surface area contributed by atoms with Crippen LogP contribution in [0.4, 0.5) is 0 Å². The molecule has 108 valence electrons. The molecule has 0 spiro atoms. The zero-order valence-electron chi connectivity index (χ0n) is 11.8. The van der Waals surface area contributed by atoms with E-state index in [-0.39, 0.29) is 11.7 Å². The van der Waals surface area contributed by atoms with Crippen LogP contribution in [0.2, 0.25) is 0 Å². The topological polar surface area (TPSA) is 49.8 Å². The fraction of sp³-hybridized carbons (Fsp3) is 0.235. The lowest BCUT2D eigenvalue weighted by Crippen LogP contribution is -2.30. The molecule has 0 bridgehead atoms. The molecule has 4 heteroatoms. The maximum Gasteiger partial charge on any atom is 0.327 e. The number of aromatic hydroxyl groups is 1. The summed E-state index contributed by atoms with van der Waals surface area (Å²) < 4.78 is 4.97. The van der Waals surface area contributed by atoms with Crippen molar-refractivity contribution in [3.8, 4) is 5.75 Å². The lowest BCUT2D eigenvalue weighted by molar-refractivity contribution is -0.147. The van der Waals surface area contributed by atoms with Crippen LogP contribution < -0.4 is 0 Å². The summed E-state index contributed by atoms with van der Waals surface area (Å²) in [7, 11) is 1.40. The molecule has 0 unspecified atom stereocenters. The highest BCUT2D eigenvalue weighted by molar-refractivity contribution is 5.77. The minimum Gasteiger partial charge on any atom is -0.508 e. The first-order valence-corrected chi connectivity index (χ1v) is 6.87. The molecule has 0 aliphatic carbocycles. The SMILES string of the molecule is COC(=O)[C@H](c1ccccc1)N1Cc2cccc(O)c2C1. The number of rotatable bonds is 3. The van der Waals surface area contributed by atoms with Crippen molar-refractivity contribution in [2.45, 2.75) is 19.1 Å². The highest BCUT2D eigenvalue weighted by atomic mass is 16.5. The van der Waals surface area contributed by atoms with Gasteiger partial charge in [-0.1, -0.05) is 42.5 Å². The van der Waals surface area contributed by atoms with Crippen molar-refractivity contribution >= 4 is 5.97 Å². The number of phenolic OH excluding ortho intramolecular Hbond substituents is 1. The molecule has 4 nitrogen and oxygen atoms in total. The molecular weight excluding hydrogens is 266 g/mol. The summed E-state index contributed by atoms with van der Waals surface area (Å²) in [6, 6.07) is 14.6. The molecule has 1 heterocycles. The van der Waals surface area contributed by atoms with E-state index in [0.29, 0.717) is 13.1 Å². The molecule has 0 radical (unpaired) electrons. The Bertz CT molecular complexity index is 654. The fourth-order valence-corrected chi connectivity index (χ4v) is 2.86. The van der Waals surface area contributed by atoms with Crippen LogP contribution in [0.1, 0.15) is 22.7 Å². The average molecular weight is 283 g/mol.